The van der Waals surface area contributed by atoms with Gasteiger partial charge in [0.15, 0.2) is 0 Å². The normalized spacial score (nSPS) is 17.9. The van der Waals surface area contributed by atoms with Crippen molar-refractivity contribution in [2.24, 2.45) is 5.41 Å². The van der Waals surface area contributed by atoms with Gasteiger partial charge in [-0.05, 0) is 24.3 Å². The Morgan fingerprint density at radius 2 is 1.15 bits per heavy atom. The number of hydrazine groups is 2. The molecule has 8 nitrogen and oxygen atoms in total. The standard InChI is InChI=1S/C19H22N6O2/c26-17(22-15-7-3-1-4-8-15)24-13-19(11-20-24)12-21-25(14-19)18(27)23-16-9-5-2-6-10-16/h1-10,20-21H,11-14H2,(H,22,26)(H,23,27). The third-order valence-electron chi connectivity index (χ3n) is 4.82. The molecule has 2 aliphatic rings. The van der Waals surface area contributed by atoms with E-state index in [0.717, 1.165) is 11.4 Å². The Morgan fingerprint density at radius 1 is 0.741 bits per heavy atom. The van der Waals surface area contributed by atoms with Crippen LogP contribution in [0.15, 0.2) is 60.7 Å². The molecule has 4 N–H and O–H groups in total. The molecule has 2 aromatic carbocycles. The molecular weight excluding hydrogens is 344 g/mol. The first-order valence-corrected chi connectivity index (χ1v) is 8.88. The van der Waals surface area contributed by atoms with Gasteiger partial charge in [-0.15, -0.1) is 0 Å². The summed E-state index contributed by atoms with van der Waals surface area (Å²) in [7, 11) is 0. The third kappa shape index (κ3) is 3.86. The van der Waals surface area contributed by atoms with Gasteiger partial charge in [0.25, 0.3) is 0 Å². The summed E-state index contributed by atoms with van der Waals surface area (Å²) in [5, 5.41) is 8.89. The Labute approximate surface area is 157 Å². The summed E-state index contributed by atoms with van der Waals surface area (Å²) in [5.41, 5.74) is 7.57. The number of urea groups is 2. The van der Waals surface area contributed by atoms with Crippen molar-refractivity contribution in [3.8, 4) is 0 Å². The monoisotopic (exact) mass is 366 g/mol. The Morgan fingerprint density at radius 3 is 1.56 bits per heavy atom. The van der Waals surface area contributed by atoms with E-state index in [1.807, 2.05) is 60.7 Å². The maximum absolute atomic E-state index is 12.5. The number of rotatable bonds is 2. The number of para-hydroxylation sites is 2. The Hall–Kier alpha value is -3.10. The van der Waals surface area contributed by atoms with E-state index in [4.69, 9.17) is 0 Å². The lowest BCUT2D eigenvalue weighted by Crippen LogP contribution is -2.41. The van der Waals surface area contributed by atoms with Gasteiger partial charge in [-0.3, -0.25) is 10.0 Å². The predicted octanol–water partition coefficient (Wildman–Crippen LogP) is 2.08. The molecular formula is C19H22N6O2. The minimum absolute atomic E-state index is 0.203. The van der Waals surface area contributed by atoms with Crippen molar-refractivity contribution in [3.63, 3.8) is 0 Å². The van der Waals surface area contributed by atoms with Gasteiger partial charge in [0, 0.05) is 43.0 Å². The van der Waals surface area contributed by atoms with Crippen molar-refractivity contribution in [1.82, 2.24) is 20.9 Å². The van der Waals surface area contributed by atoms with Crippen molar-refractivity contribution >= 4 is 23.4 Å². The number of benzene rings is 2. The fourth-order valence-electron chi connectivity index (χ4n) is 3.36. The molecule has 0 saturated carbocycles. The van der Waals surface area contributed by atoms with Crippen LogP contribution in [0.2, 0.25) is 0 Å². The number of hydrogen-bond donors (Lipinski definition) is 4. The number of carbonyl (C=O) groups excluding carboxylic acids is 2. The summed E-state index contributed by atoms with van der Waals surface area (Å²) in [4.78, 5) is 24.9. The molecule has 2 aliphatic heterocycles. The average Bonchev–Trinajstić information content (AvgIpc) is 3.31. The molecule has 0 aromatic heterocycles. The Balaban J connectivity index is 1.33. The van der Waals surface area contributed by atoms with E-state index in [0.29, 0.717) is 26.2 Å². The maximum Gasteiger partial charge on any atom is 0.336 e. The van der Waals surface area contributed by atoms with Crippen molar-refractivity contribution in [2.45, 2.75) is 0 Å². The molecule has 0 aliphatic carbocycles. The molecule has 0 bridgehead atoms. The number of anilines is 2. The van der Waals surface area contributed by atoms with Crippen molar-refractivity contribution in [3.05, 3.63) is 60.7 Å². The van der Waals surface area contributed by atoms with E-state index >= 15 is 0 Å². The molecule has 0 atom stereocenters. The summed E-state index contributed by atoms with van der Waals surface area (Å²) in [6, 6.07) is 18.3. The first kappa shape index (κ1) is 17.3. The second kappa shape index (κ2) is 7.26. The van der Waals surface area contributed by atoms with Gasteiger partial charge in [0.2, 0.25) is 0 Å². The van der Waals surface area contributed by atoms with Gasteiger partial charge in [-0.2, -0.15) is 0 Å². The van der Waals surface area contributed by atoms with Crippen LogP contribution in [0.3, 0.4) is 0 Å². The summed E-state index contributed by atoms with van der Waals surface area (Å²) in [5.74, 6) is 0. The number of nitrogens with one attached hydrogen (secondary N) is 4. The highest BCUT2D eigenvalue weighted by molar-refractivity contribution is 5.90. The molecule has 1 spiro atoms. The fourth-order valence-corrected chi connectivity index (χ4v) is 3.36. The fraction of sp³-hybridized carbons (Fsp3) is 0.263. The topological polar surface area (TPSA) is 88.7 Å². The highest BCUT2D eigenvalue weighted by Gasteiger charge is 2.46. The lowest BCUT2D eigenvalue weighted by Gasteiger charge is -2.22. The van der Waals surface area contributed by atoms with Crippen LogP contribution < -0.4 is 21.5 Å². The van der Waals surface area contributed by atoms with Crippen LogP contribution in [-0.2, 0) is 0 Å². The van der Waals surface area contributed by atoms with Crippen LogP contribution in [0, 0.1) is 5.41 Å². The van der Waals surface area contributed by atoms with Gasteiger partial charge in [-0.25, -0.2) is 20.4 Å². The summed E-state index contributed by atoms with van der Waals surface area (Å²) in [6.45, 7) is 2.29. The van der Waals surface area contributed by atoms with Gasteiger partial charge in [0.1, 0.15) is 0 Å². The summed E-state index contributed by atoms with van der Waals surface area (Å²) in [6.07, 6.45) is 0. The zero-order valence-corrected chi connectivity index (χ0v) is 14.8. The van der Waals surface area contributed by atoms with E-state index < -0.39 is 0 Å². The molecule has 4 amide bonds. The largest absolute Gasteiger partial charge is 0.336 e. The predicted molar refractivity (Wildman–Crippen MR) is 103 cm³/mol. The minimum atomic E-state index is -0.206. The van der Waals surface area contributed by atoms with Crippen LogP contribution in [0.1, 0.15) is 0 Å². The molecule has 0 unspecified atom stereocenters. The van der Waals surface area contributed by atoms with E-state index in [1.165, 1.54) is 0 Å². The van der Waals surface area contributed by atoms with Crippen LogP contribution in [-0.4, -0.2) is 48.3 Å². The minimum Gasteiger partial charge on any atom is -0.307 e. The quantitative estimate of drug-likeness (QED) is 0.655. The molecule has 2 heterocycles. The van der Waals surface area contributed by atoms with Gasteiger partial charge in [-0.1, -0.05) is 36.4 Å². The molecule has 2 aromatic rings. The molecule has 140 valence electrons. The van der Waals surface area contributed by atoms with Crippen molar-refractivity contribution < 1.29 is 9.59 Å². The summed E-state index contributed by atoms with van der Waals surface area (Å²) < 4.78 is 0. The van der Waals surface area contributed by atoms with Crippen molar-refractivity contribution in [2.75, 3.05) is 36.8 Å². The third-order valence-corrected chi connectivity index (χ3v) is 4.82. The molecule has 8 heteroatoms. The van der Waals surface area contributed by atoms with Gasteiger partial charge in [0.05, 0.1) is 0 Å². The van der Waals surface area contributed by atoms with Gasteiger partial charge >= 0.3 is 12.1 Å². The molecule has 2 saturated heterocycles. The van der Waals surface area contributed by atoms with E-state index in [-0.39, 0.29) is 17.5 Å². The SMILES string of the molecule is O=C(Nc1ccccc1)N1CC2(CN1)CNN(C(=O)Nc1ccccc1)C2. The lowest BCUT2D eigenvalue weighted by atomic mass is 9.91. The number of carbonyl (C=O) groups is 2. The summed E-state index contributed by atoms with van der Waals surface area (Å²) >= 11 is 0. The first-order chi connectivity index (χ1) is 13.1. The molecule has 4 rings (SSSR count). The highest BCUT2D eigenvalue weighted by Crippen LogP contribution is 2.28. The molecule has 27 heavy (non-hydrogen) atoms. The van der Waals surface area contributed by atoms with Gasteiger partial charge < -0.3 is 10.6 Å². The Kier molecular flexibility index (Phi) is 4.66. The maximum atomic E-state index is 12.5. The van der Waals surface area contributed by atoms with E-state index in [2.05, 4.69) is 21.5 Å². The first-order valence-electron chi connectivity index (χ1n) is 8.88. The van der Waals surface area contributed by atoms with Crippen LogP contribution >= 0.6 is 0 Å². The number of hydrogen-bond acceptors (Lipinski definition) is 4. The molecule has 0 radical (unpaired) electrons. The van der Waals surface area contributed by atoms with Crippen molar-refractivity contribution in [1.29, 1.82) is 0 Å². The average molecular weight is 366 g/mol. The zero-order valence-electron chi connectivity index (χ0n) is 14.8. The second-order valence-electron chi connectivity index (χ2n) is 6.93. The zero-order chi connectivity index (χ0) is 18.7. The highest BCUT2D eigenvalue weighted by atomic mass is 16.2. The van der Waals surface area contributed by atoms with E-state index in [1.54, 1.807) is 10.0 Å². The Bertz CT molecular complexity index is 744. The van der Waals surface area contributed by atoms with E-state index in [9.17, 15) is 9.59 Å². The second-order valence-corrected chi connectivity index (χ2v) is 6.93. The number of nitrogens with zero attached hydrogens (tertiary/aromatic N) is 2. The van der Waals surface area contributed by atoms with Crippen LogP contribution in [0.5, 0.6) is 0 Å². The van der Waals surface area contributed by atoms with Crippen LogP contribution in [0.4, 0.5) is 21.0 Å². The van der Waals surface area contributed by atoms with Crippen LogP contribution in [0.25, 0.3) is 0 Å². The lowest BCUT2D eigenvalue weighted by molar-refractivity contribution is 0.195. The molecule has 2 fully saturated rings. The number of amides is 4. The smallest absolute Gasteiger partial charge is 0.307 e.